The number of hydrogen-bond acceptors (Lipinski definition) is 6. The van der Waals surface area contributed by atoms with E-state index in [2.05, 4.69) is 36.3 Å². The van der Waals surface area contributed by atoms with Crippen molar-refractivity contribution < 1.29 is 19.0 Å². The van der Waals surface area contributed by atoms with Gasteiger partial charge in [-0.2, -0.15) is 0 Å². The highest BCUT2D eigenvalue weighted by atomic mass is 32.1. The van der Waals surface area contributed by atoms with Crippen LogP contribution in [0.25, 0.3) is 11.3 Å². The van der Waals surface area contributed by atoms with Gasteiger partial charge in [0.05, 0.1) is 32.6 Å². The molecule has 0 bridgehead atoms. The lowest BCUT2D eigenvalue weighted by atomic mass is 10.1. The number of aryl methyl sites for hydroxylation is 2. The molecule has 0 atom stereocenters. The number of ether oxygens (including phenoxy) is 3. The summed E-state index contributed by atoms with van der Waals surface area (Å²) in [6.07, 6.45) is 0. The van der Waals surface area contributed by atoms with E-state index >= 15 is 0 Å². The first-order valence-electron chi connectivity index (χ1n) is 8.62. The number of nitrogens with zero attached hydrogens (tertiary/aromatic N) is 1. The molecule has 3 aromatic rings. The molecular weight excluding hydrogens is 376 g/mol. The summed E-state index contributed by atoms with van der Waals surface area (Å²) in [4.78, 5) is 17.3. The normalized spacial score (nSPS) is 10.5. The minimum Gasteiger partial charge on any atom is -0.493 e. The highest BCUT2D eigenvalue weighted by molar-refractivity contribution is 7.14. The Kier molecular flexibility index (Phi) is 5.84. The third kappa shape index (κ3) is 3.80. The van der Waals surface area contributed by atoms with Gasteiger partial charge in [-0.1, -0.05) is 12.1 Å². The van der Waals surface area contributed by atoms with Crippen LogP contribution in [-0.2, 0) is 0 Å². The minimum absolute atomic E-state index is 0.310. The fourth-order valence-electron chi connectivity index (χ4n) is 2.81. The van der Waals surface area contributed by atoms with Crippen molar-refractivity contribution in [2.45, 2.75) is 13.8 Å². The second-order valence-corrected chi connectivity index (χ2v) is 7.03. The first-order chi connectivity index (χ1) is 13.5. The Morgan fingerprint density at radius 1 is 0.964 bits per heavy atom. The van der Waals surface area contributed by atoms with E-state index in [1.54, 1.807) is 12.1 Å². The summed E-state index contributed by atoms with van der Waals surface area (Å²) in [7, 11) is 4.51. The number of nitrogens with one attached hydrogen (secondary N) is 1. The largest absolute Gasteiger partial charge is 0.493 e. The Hall–Kier alpha value is -3.06. The van der Waals surface area contributed by atoms with E-state index in [0.29, 0.717) is 27.9 Å². The molecule has 0 aliphatic heterocycles. The van der Waals surface area contributed by atoms with Crippen LogP contribution in [0.4, 0.5) is 5.13 Å². The van der Waals surface area contributed by atoms with Gasteiger partial charge in [0.1, 0.15) is 0 Å². The highest BCUT2D eigenvalue weighted by Crippen LogP contribution is 2.40. The van der Waals surface area contributed by atoms with Crippen LogP contribution >= 0.6 is 11.3 Å². The molecule has 0 fully saturated rings. The lowest BCUT2D eigenvalue weighted by Gasteiger charge is -2.15. The summed E-state index contributed by atoms with van der Waals surface area (Å²) in [6, 6.07) is 9.48. The van der Waals surface area contributed by atoms with Crippen LogP contribution in [-0.4, -0.2) is 32.2 Å². The van der Waals surface area contributed by atoms with Crippen LogP contribution in [0.15, 0.2) is 35.7 Å². The molecule has 6 nitrogen and oxygen atoms in total. The van der Waals surface area contributed by atoms with E-state index in [4.69, 9.17) is 14.2 Å². The van der Waals surface area contributed by atoms with Crippen molar-refractivity contribution in [3.05, 3.63) is 52.4 Å². The molecule has 1 N–H and O–H groups in total. The van der Waals surface area contributed by atoms with Crippen LogP contribution in [0.3, 0.4) is 0 Å². The molecule has 3 rings (SSSR count). The summed E-state index contributed by atoms with van der Waals surface area (Å²) in [6.45, 7) is 4.14. The maximum absolute atomic E-state index is 12.8. The molecule has 0 radical (unpaired) electrons. The van der Waals surface area contributed by atoms with Crippen molar-refractivity contribution >= 4 is 22.4 Å². The molecule has 0 spiro atoms. The number of methoxy groups -OCH3 is 3. The van der Waals surface area contributed by atoms with Crippen molar-refractivity contribution in [3.8, 4) is 28.5 Å². The average Bonchev–Trinajstić information content (AvgIpc) is 3.16. The summed E-state index contributed by atoms with van der Waals surface area (Å²) < 4.78 is 16.0. The number of carbonyl (C=O) groups is 1. The fourth-order valence-corrected chi connectivity index (χ4v) is 3.52. The maximum atomic E-state index is 12.8. The Morgan fingerprint density at radius 2 is 1.71 bits per heavy atom. The first-order valence-corrected chi connectivity index (χ1v) is 9.50. The van der Waals surface area contributed by atoms with Gasteiger partial charge >= 0.3 is 0 Å². The topological polar surface area (TPSA) is 69.7 Å². The molecule has 7 heteroatoms. The minimum atomic E-state index is -0.334. The summed E-state index contributed by atoms with van der Waals surface area (Å²) >= 11 is 1.37. The van der Waals surface area contributed by atoms with Gasteiger partial charge in [0.15, 0.2) is 16.6 Å². The number of rotatable bonds is 6. The predicted molar refractivity (Wildman–Crippen MR) is 111 cm³/mol. The van der Waals surface area contributed by atoms with Crippen molar-refractivity contribution in [3.63, 3.8) is 0 Å². The number of thiazole rings is 1. The van der Waals surface area contributed by atoms with E-state index < -0.39 is 0 Å². The predicted octanol–water partition coefficient (Wildman–Crippen LogP) is 4.71. The van der Waals surface area contributed by atoms with E-state index in [1.165, 1.54) is 43.8 Å². The lowest BCUT2D eigenvalue weighted by molar-refractivity contribution is 0.102. The fraction of sp³-hybridized carbons (Fsp3) is 0.238. The highest BCUT2D eigenvalue weighted by Gasteiger charge is 2.21. The quantitative estimate of drug-likeness (QED) is 0.651. The second-order valence-electron chi connectivity index (χ2n) is 6.17. The van der Waals surface area contributed by atoms with Crippen molar-refractivity contribution in [1.82, 2.24) is 4.98 Å². The summed E-state index contributed by atoms with van der Waals surface area (Å²) in [5.41, 5.74) is 4.61. The monoisotopic (exact) mass is 398 g/mol. The molecule has 1 amide bonds. The zero-order chi connectivity index (χ0) is 20.3. The Bertz CT molecular complexity index is 1010. The standard InChI is InChI=1S/C21H22N2O4S/c1-12-6-7-14(10-13(12)2)16-11-28-21(22-16)23-20(24)15-8-9-17(25-3)19(27-5)18(15)26-4/h6-11H,1-5H3,(H,22,23,24). The van der Waals surface area contributed by atoms with Crippen LogP contribution < -0.4 is 19.5 Å². The zero-order valence-electron chi connectivity index (χ0n) is 16.5. The van der Waals surface area contributed by atoms with Gasteiger partial charge < -0.3 is 14.2 Å². The summed E-state index contributed by atoms with van der Waals surface area (Å²) in [5, 5.41) is 5.26. The number of aromatic nitrogens is 1. The lowest BCUT2D eigenvalue weighted by Crippen LogP contribution is -2.13. The van der Waals surface area contributed by atoms with Gasteiger partial charge in [-0.05, 0) is 43.2 Å². The van der Waals surface area contributed by atoms with E-state index in [9.17, 15) is 4.79 Å². The van der Waals surface area contributed by atoms with E-state index in [0.717, 1.165) is 11.3 Å². The van der Waals surface area contributed by atoms with Gasteiger partial charge in [-0.3, -0.25) is 10.1 Å². The Morgan fingerprint density at radius 3 is 2.36 bits per heavy atom. The van der Waals surface area contributed by atoms with Gasteiger partial charge in [-0.25, -0.2) is 4.98 Å². The molecule has 0 aliphatic rings. The molecule has 0 saturated heterocycles. The molecule has 0 aliphatic carbocycles. The van der Waals surface area contributed by atoms with Crippen LogP contribution in [0, 0.1) is 13.8 Å². The number of hydrogen-bond donors (Lipinski definition) is 1. The van der Waals surface area contributed by atoms with Crippen LogP contribution in [0.2, 0.25) is 0 Å². The SMILES string of the molecule is COc1ccc(C(=O)Nc2nc(-c3ccc(C)c(C)c3)cs2)c(OC)c1OC. The third-order valence-electron chi connectivity index (χ3n) is 4.48. The van der Waals surface area contributed by atoms with Crippen molar-refractivity contribution in [2.24, 2.45) is 0 Å². The molecule has 0 unspecified atom stereocenters. The van der Waals surface area contributed by atoms with Gasteiger partial charge in [0.2, 0.25) is 5.75 Å². The average molecular weight is 398 g/mol. The van der Waals surface area contributed by atoms with Crippen molar-refractivity contribution in [1.29, 1.82) is 0 Å². The van der Waals surface area contributed by atoms with Gasteiger partial charge in [0, 0.05) is 10.9 Å². The summed E-state index contributed by atoms with van der Waals surface area (Å²) in [5.74, 6) is 0.832. The second kappa shape index (κ2) is 8.31. The molecular formula is C21H22N2O4S. The molecule has 1 heterocycles. The zero-order valence-corrected chi connectivity index (χ0v) is 17.3. The molecule has 28 heavy (non-hydrogen) atoms. The van der Waals surface area contributed by atoms with Gasteiger partial charge in [0.25, 0.3) is 5.91 Å². The third-order valence-corrected chi connectivity index (χ3v) is 5.23. The van der Waals surface area contributed by atoms with Crippen LogP contribution in [0.5, 0.6) is 17.2 Å². The molecule has 2 aromatic carbocycles. The molecule has 1 aromatic heterocycles. The molecule has 146 valence electrons. The van der Waals surface area contributed by atoms with Crippen molar-refractivity contribution in [2.75, 3.05) is 26.6 Å². The maximum Gasteiger partial charge on any atom is 0.261 e. The van der Waals surface area contributed by atoms with Gasteiger partial charge in [-0.15, -0.1) is 11.3 Å². The van der Waals surface area contributed by atoms with Crippen LogP contribution in [0.1, 0.15) is 21.5 Å². The smallest absolute Gasteiger partial charge is 0.261 e. The number of benzene rings is 2. The van der Waals surface area contributed by atoms with E-state index in [1.807, 2.05) is 11.4 Å². The Balaban J connectivity index is 1.86. The number of carbonyl (C=O) groups excluding carboxylic acids is 1. The van der Waals surface area contributed by atoms with E-state index in [-0.39, 0.29) is 5.91 Å². The Labute approximate surface area is 168 Å². The molecule has 0 saturated carbocycles. The first kappa shape index (κ1) is 19.7. The number of anilines is 1. The number of amides is 1.